The Morgan fingerprint density at radius 2 is 2.17 bits per heavy atom. The van der Waals surface area contributed by atoms with Crippen molar-refractivity contribution in [2.45, 2.75) is 25.4 Å². The molecule has 2 rings (SSSR count). The predicted molar refractivity (Wildman–Crippen MR) is 73.3 cm³/mol. The SMILES string of the molecule is COc1ccccc1N1C(C)CNCC1CCO. The average molecular weight is 250 g/mol. The van der Waals surface area contributed by atoms with Crippen LogP contribution in [0.1, 0.15) is 13.3 Å². The van der Waals surface area contributed by atoms with E-state index in [-0.39, 0.29) is 6.61 Å². The van der Waals surface area contributed by atoms with E-state index in [2.05, 4.69) is 23.2 Å². The lowest BCUT2D eigenvalue weighted by molar-refractivity contribution is 0.258. The Morgan fingerprint density at radius 1 is 1.39 bits per heavy atom. The minimum atomic E-state index is 0.213. The number of nitrogens with zero attached hydrogens (tertiary/aromatic N) is 1. The Kier molecular flexibility index (Phi) is 4.44. The van der Waals surface area contributed by atoms with Gasteiger partial charge in [0.2, 0.25) is 0 Å². The highest BCUT2D eigenvalue weighted by Gasteiger charge is 2.29. The Bertz CT molecular complexity index is 382. The zero-order chi connectivity index (χ0) is 13.0. The van der Waals surface area contributed by atoms with Gasteiger partial charge in [0.1, 0.15) is 5.75 Å². The van der Waals surface area contributed by atoms with Crippen molar-refractivity contribution in [1.29, 1.82) is 0 Å². The van der Waals surface area contributed by atoms with Gasteiger partial charge in [-0.1, -0.05) is 12.1 Å². The molecule has 0 aromatic heterocycles. The van der Waals surface area contributed by atoms with Gasteiger partial charge in [0, 0.05) is 31.8 Å². The summed E-state index contributed by atoms with van der Waals surface area (Å²) in [6, 6.07) is 8.80. The van der Waals surface area contributed by atoms with Crippen LogP contribution in [0.25, 0.3) is 0 Å². The molecule has 0 radical (unpaired) electrons. The van der Waals surface area contributed by atoms with Crippen molar-refractivity contribution in [3.8, 4) is 5.75 Å². The van der Waals surface area contributed by atoms with Crippen molar-refractivity contribution >= 4 is 5.69 Å². The highest BCUT2D eigenvalue weighted by atomic mass is 16.5. The molecule has 1 aliphatic rings. The van der Waals surface area contributed by atoms with Gasteiger partial charge in [0.05, 0.1) is 12.8 Å². The number of aliphatic hydroxyl groups is 1. The monoisotopic (exact) mass is 250 g/mol. The van der Waals surface area contributed by atoms with Crippen LogP contribution in [0.4, 0.5) is 5.69 Å². The second-order valence-electron chi connectivity index (χ2n) is 4.75. The number of anilines is 1. The van der Waals surface area contributed by atoms with E-state index in [1.807, 2.05) is 18.2 Å². The molecule has 100 valence electrons. The molecule has 0 spiro atoms. The molecule has 4 nitrogen and oxygen atoms in total. The van der Waals surface area contributed by atoms with Crippen LogP contribution in [0.15, 0.2) is 24.3 Å². The fourth-order valence-electron chi connectivity index (χ4n) is 2.68. The van der Waals surface area contributed by atoms with Crippen LogP contribution in [0.2, 0.25) is 0 Å². The molecule has 2 unspecified atom stereocenters. The zero-order valence-electron chi connectivity index (χ0n) is 11.1. The minimum absolute atomic E-state index is 0.213. The molecule has 0 amide bonds. The van der Waals surface area contributed by atoms with Crippen molar-refractivity contribution in [1.82, 2.24) is 5.32 Å². The van der Waals surface area contributed by atoms with Crippen molar-refractivity contribution in [2.24, 2.45) is 0 Å². The van der Waals surface area contributed by atoms with Crippen molar-refractivity contribution in [2.75, 3.05) is 31.7 Å². The molecule has 1 saturated heterocycles. The molecule has 0 aliphatic carbocycles. The maximum atomic E-state index is 9.21. The van der Waals surface area contributed by atoms with E-state index in [1.165, 1.54) is 0 Å². The lowest BCUT2D eigenvalue weighted by atomic mass is 10.0. The smallest absolute Gasteiger partial charge is 0.142 e. The maximum absolute atomic E-state index is 9.21. The van der Waals surface area contributed by atoms with E-state index in [4.69, 9.17) is 4.74 Å². The summed E-state index contributed by atoms with van der Waals surface area (Å²) in [5.41, 5.74) is 1.12. The van der Waals surface area contributed by atoms with Gasteiger partial charge in [0.25, 0.3) is 0 Å². The standard InChI is InChI=1S/C14H22N2O2/c1-11-9-15-10-12(7-8-17)16(11)13-5-3-4-6-14(13)18-2/h3-6,11-12,15,17H,7-10H2,1-2H3. The Morgan fingerprint density at radius 3 is 2.89 bits per heavy atom. The van der Waals surface area contributed by atoms with Gasteiger partial charge < -0.3 is 20.1 Å². The van der Waals surface area contributed by atoms with Crippen molar-refractivity contribution < 1.29 is 9.84 Å². The molecular formula is C14H22N2O2. The summed E-state index contributed by atoms with van der Waals surface area (Å²) >= 11 is 0. The molecule has 0 bridgehead atoms. The summed E-state index contributed by atoms with van der Waals surface area (Å²) in [6.07, 6.45) is 0.773. The number of nitrogens with one attached hydrogen (secondary N) is 1. The summed E-state index contributed by atoms with van der Waals surface area (Å²) in [4.78, 5) is 2.37. The fraction of sp³-hybridized carbons (Fsp3) is 0.571. The Hall–Kier alpha value is -1.26. The number of ether oxygens (including phenoxy) is 1. The Balaban J connectivity index is 2.31. The topological polar surface area (TPSA) is 44.7 Å². The largest absolute Gasteiger partial charge is 0.495 e. The second kappa shape index (κ2) is 6.07. The first-order valence-corrected chi connectivity index (χ1v) is 6.51. The number of para-hydroxylation sites is 2. The third-order valence-corrected chi connectivity index (χ3v) is 3.51. The molecule has 2 atom stereocenters. The van der Waals surface area contributed by atoms with E-state index in [1.54, 1.807) is 7.11 Å². The van der Waals surface area contributed by atoms with E-state index in [0.29, 0.717) is 12.1 Å². The summed E-state index contributed by atoms with van der Waals surface area (Å²) in [5.74, 6) is 0.897. The van der Waals surface area contributed by atoms with Crippen LogP contribution in [0.3, 0.4) is 0 Å². The van der Waals surface area contributed by atoms with E-state index in [9.17, 15) is 5.11 Å². The number of piperazine rings is 1. The maximum Gasteiger partial charge on any atom is 0.142 e. The number of benzene rings is 1. The summed E-state index contributed by atoms with van der Waals surface area (Å²) < 4.78 is 5.45. The normalized spacial score (nSPS) is 24.1. The first-order valence-electron chi connectivity index (χ1n) is 6.51. The van der Waals surface area contributed by atoms with Gasteiger partial charge in [-0.25, -0.2) is 0 Å². The lowest BCUT2D eigenvalue weighted by Gasteiger charge is -2.43. The predicted octanol–water partition coefficient (Wildman–Crippen LogP) is 1.24. The molecule has 1 heterocycles. The van der Waals surface area contributed by atoms with Crippen LogP contribution >= 0.6 is 0 Å². The molecule has 1 aromatic rings. The third kappa shape index (κ3) is 2.60. The number of methoxy groups -OCH3 is 1. The molecule has 1 aliphatic heterocycles. The van der Waals surface area contributed by atoms with Gasteiger partial charge in [0.15, 0.2) is 0 Å². The van der Waals surface area contributed by atoms with Crippen LogP contribution in [0, 0.1) is 0 Å². The summed E-state index contributed by atoms with van der Waals surface area (Å²) in [5, 5.41) is 12.6. The fourth-order valence-corrected chi connectivity index (χ4v) is 2.68. The van der Waals surface area contributed by atoms with Gasteiger partial charge in [-0.05, 0) is 25.5 Å². The zero-order valence-corrected chi connectivity index (χ0v) is 11.1. The number of aliphatic hydroxyl groups excluding tert-OH is 1. The molecular weight excluding hydrogens is 228 g/mol. The van der Waals surface area contributed by atoms with Crippen molar-refractivity contribution in [3.63, 3.8) is 0 Å². The molecule has 4 heteroatoms. The molecule has 2 N–H and O–H groups in total. The van der Waals surface area contributed by atoms with Gasteiger partial charge in [-0.2, -0.15) is 0 Å². The first kappa shape index (κ1) is 13.2. The van der Waals surface area contributed by atoms with Crippen LogP contribution in [0.5, 0.6) is 5.75 Å². The number of rotatable bonds is 4. The van der Waals surface area contributed by atoms with Gasteiger partial charge in [-0.15, -0.1) is 0 Å². The summed E-state index contributed by atoms with van der Waals surface area (Å²) in [7, 11) is 1.70. The van der Waals surface area contributed by atoms with E-state index in [0.717, 1.165) is 30.9 Å². The van der Waals surface area contributed by atoms with Crippen LogP contribution < -0.4 is 15.0 Å². The average Bonchev–Trinajstić information content (AvgIpc) is 2.39. The van der Waals surface area contributed by atoms with Crippen LogP contribution in [-0.4, -0.2) is 44.0 Å². The highest BCUT2D eigenvalue weighted by Crippen LogP contribution is 2.32. The van der Waals surface area contributed by atoms with Gasteiger partial charge >= 0.3 is 0 Å². The summed E-state index contributed by atoms with van der Waals surface area (Å²) in [6.45, 7) is 4.27. The Labute approximate surface area is 109 Å². The van der Waals surface area contributed by atoms with Crippen molar-refractivity contribution in [3.05, 3.63) is 24.3 Å². The van der Waals surface area contributed by atoms with Gasteiger partial charge in [-0.3, -0.25) is 0 Å². The number of hydrogen-bond acceptors (Lipinski definition) is 4. The van der Waals surface area contributed by atoms with E-state index >= 15 is 0 Å². The highest BCUT2D eigenvalue weighted by molar-refractivity contribution is 5.60. The van der Waals surface area contributed by atoms with E-state index < -0.39 is 0 Å². The molecule has 18 heavy (non-hydrogen) atoms. The number of hydrogen-bond donors (Lipinski definition) is 2. The lowest BCUT2D eigenvalue weighted by Crippen LogP contribution is -2.56. The minimum Gasteiger partial charge on any atom is -0.495 e. The first-order chi connectivity index (χ1) is 8.77. The molecule has 1 fully saturated rings. The molecule has 0 saturated carbocycles. The third-order valence-electron chi connectivity index (χ3n) is 3.51. The molecule has 1 aromatic carbocycles. The van der Waals surface area contributed by atoms with Crippen LogP contribution in [-0.2, 0) is 0 Å². The quantitative estimate of drug-likeness (QED) is 0.844. The second-order valence-corrected chi connectivity index (χ2v) is 4.75.